The van der Waals surface area contributed by atoms with Gasteiger partial charge in [-0.15, -0.1) is 0 Å². The van der Waals surface area contributed by atoms with E-state index < -0.39 is 15.9 Å². The fourth-order valence-electron chi connectivity index (χ4n) is 3.50. The zero-order chi connectivity index (χ0) is 23.0. The van der Waals surface area contributed by atoms with Gasteiger partial charge in [0, 0.05) is 32.3 Å². The van der Waals surface area contributed by atoms with Crippen molar-refractivity contribution >= 4 is 21.8 Å². The Labute approximate surface area is 188 Å². The number of sulfonamides is 1. The second-order valence-corrected chi connectivity index (χ2v) is 9.45. The average molecular weight is 461 g/mol. The molecule has 2 amide bonds. The molecule has 0 spiro atoms. The normalized spacial score (nSPS) is 16.8. The van der Waals surface area contributed by atoms with Crippen molar-refractivity contribution in [1.82, 2.24) is 19.9 Å². The number of benzene rings is 1. The second-order valence-electron chi connectivity index (χ2n) is 7.52. The monoisotopic (exact) mass is 460 g/mol. The number of carbonyl (C=O) groups excluding carboxylic acids is 2. The Morgan fingerprint density at radius 3 is 2.62 bits per heavy atom. The van der Waals surface area contributed by atoms with Crippen molar-refractivity contribution in [3.05, 3.63) is 54.4 Å². The molecule has 1 atom stereocenters. The summed E-state index contributed by atoms with van der Waals surface area (Å²) in [5, 5.41) is 5.51. The highest BCUT2D eigenvalue weighted by Crippen LogP contribution is 2.25. The van der Waals surface area contributed by atoms with Gasteiger partial charge in [-0.05, 0) is 49.2 Å². The molecule has 1 aliphatic heterocycles. The summed E-state index contributed by atoms with van der Waals surface area (Å²) in [7, 11) is -2.18. The Morgan fingerprint density at radius 1 is 1.16 bits per heavy atom. The minimum absolute atomic E-state index is 0.117. The van der Waals surface area contributed by atoms with Crippen molar-refractivity contribution in [3.63, 3.8) is 0 Å². The third-order valence-corrected chi connectivity index (χ3v) is 7.18. The lowest BCUT2D eigenvalue weighted by Gasteiger charge is -2.31. The van der Waals surface area contributed by atoms with Crippen LogP contribution in [-0.2, 0) is 26.2 Å². The molecule has 32 heavy (non-hydrogen) atoms. The van der Waals surface area contributed by atoms with E-state index in [2.05, 4.69) is 15.6 Å². The van der Waals surface area contributed by atoms with Gasteiger partial charge in [-0.2, -0.15) is 4.31 Å². The van der Waals surface area contributed by atoms with E-state index in [1.807, 2.05) is 12.1 Å². The highest BCUT2D eigenvalue weighted by molar-refractivity contribution is 7.89. The number of aromatic nitrogens is 1. The lowest BCUT2D eigenvalue weighted by atomic mass is 9.99. The minimum atomic E-state index is -3.69. The molecule has 1 aromatic carbocycles. The van der Waals surface area contributed by atoms with Gasteiger partial charge in [-0.3, -0.25) is 14.6 Å². The summed E-state index contributed by atoms with van der Waals surface area (Å²) >= 11 is 0. The number of pyridine rings is 1. The number of hydrogen-bond acceptors (Lipinski definition) is 6. The van der Waals surface area contributed by atoms with Gasteiger partial charge in [-0.25, -0.2) is 8.42 Å². The Kier molecular flexibility index (Phi) is 8.18. The van der Waals surface area contributed by atoms with Crippen molar-refractivity contribution in [2.24, 2.45) is 5.92 Å². The summed E-state index contributed by atoms with van der Waals surface area (Å²) in [4.78, 5) is 28.8. The van der Waals surface area contributed by atoms with Crippen LogP contribution < -0.4 is 15.4 Å². The van der Waals surface area contributed by atoms with E-state index in [0.29, 0.717) is 31.7 Å². The molecule has 0 unspecified atom stereocenters. The first-order valence-corrected chi connectivity index (χ1v) is 11.9. The zero-order valence-electron chi connectivity index (χ0n) is 18.0. The van der Waals surface area contributed by atoms with Crippen LogP contribution in [0, 0.1) is 5.92 Å². The summed E-state index contributed by atoms with van der Waals surface area (Å²) in [6.07, 6.45) is 2.99. The van der Waals surface area contributed by atoms with Crippen molar-refractivity contribution in [1.29, 1.82) is 0 Å². The van der Waals surface area contributed by atoms with E-state index in [9.17, 15) is 18.0 Å². The minimum Gasteiger partial charge on any atom is -0.497 e. The molecule has 1 fully saturated rings. The van der Waals surface area contributed by atoms with E-state index in [0.717, 1.165) is 5.69 Å². The molecule has 1 aromatic heterocycles. The van der Waals surface area contributed by atoms with Gasteiger partial charge in [0.15, 0.2) is 0 Å². The molecule has 0 radical (unpaired) electrons. The maximum Gasteiger partial charge on any atom is 0.243 e. The van der Waals surface area contributed by atoms with E-state index in [4.69, 9.17) is 4.74 Å². The summed E-state index contributed by atoms with van der Waals surface area (Å²) < 4.78 is 32.3. The maximum atomic E-state index is 12.9. The van der Waals surface area contributed by atoms with Gasteiger partial charge >= 0.3 is 0 Å². The SMILES string of the molecule is COc1ccc(S(=O)(=O)N2CCC[C@H](C(=O)NCCC(=O)NCc3ccccn3)C2)cc1. The van der Waals surface area contributed by atoms with Gasteiger partial charge in [0.2, 0.25) is 21.8 Å². The lowest BCUT2D eigenvalue weighted by Crippen LogP contribution is -2.45. The van der Waals surface area contributed by atoms with Crippen LogP contribution in [0.2, 0.25) is 0 Å². The van der Waals surface area contributed by atoms with Crippen molar-refractivity contribution in [2.75, 3.05) is 26.7 Å². The topological polar surface area (TPSA) is 118 Å². The van der Waals surface area contributed by atoms with Crippen LogP contribution >= 0.6 is 0 Å². The quantitative estimate of drug-likeness (QED) is 0.583. The summed E-state index contributed by atoms with van der Waals surface area (Å²) in [6.45, 7) is 1.00. The maximum absolute atomic E-state index is 12.9. The van der Waals surface area contributed by atoms with Crippen LogP contribution in [0.3, 0.4) is 0 Å². The number of hydrogen-bond donors (Lipinski definition) is 2. The first kappa shape index (κ1) is 23.7. The molecule has 1 aliphatic rings. The van der Waals surface area contributed by atoms with Gasteiger partial charge in [0.1, 0.15) is 5.75 Å². The number of methoxy groups -OCH3 is 1. The van der Waals surface area contributed by atoms with Crippen LogP contribution in [0.5, 0.6) is 5.75 Å². The Balaban J connectivity index is 1.46. The first-order valence-electron chi connectivity index (χ1n) is 10.5. The number of nitrogens with zero attached hydrogens (tertiary/aromatic N) is 2. The van der Waals surface area contributed by atoms with Crippen LogP contribution in [-0.4, -0.2) is 56.3 Å². The van der Waals surface area contributed by atoms with Crippen LogP contribution in [0.4, 0.5) is 0 Å². The average Bonchev–Trinajstić information content (AvgIpc) is 2.83. The molecule has 2 N–H and O–H groups in total. The van der Waals surface area contributed by atoms with Crippen LogP contribution in [0.1, 0.15) is 25.0 Å². The zero-order valence-corrected chi connectivity index (χ0v) is 18.8. The standard InChI is InChI=1S/C22H28N4O5S/c1-31-19-7-9-20(10-8-19)32(29,30)26-14-4-5-17(16-26)22(28)24-13-11-21(27)25-15-18-6-2-3-12-23-18/h2-3,6-10,12,17H,4-5,11,13-16H2,1H3,(H,24,28)(H,25,27)/t17-/m0/s1. The third kappa shape index (κ3) is 6.27. The van der Waals surface area contributed by atoms with Gasteiger partial charge in [-0.1, -0.05) is 6.07 Å². The van der Waals surface area contributed by atoms with Crippen molar-refractivity contribution in [3.8, 4) is 5.75 Å². The van der Waals surface area contributed by atoms with Gasteiger partial charge in [0.25, 0.3) is 0 Å². The summed E-state index contributed by atoms with van der Waals surface area (Å²) in [5.74, 6) is -0.308. The van der Waals surface area contributed by atoms with E-state index in [-0.39, 0.29) is 36.2 Å². The number of piperidine rings is 1. The number of nitrogens with one attached hydrogen (secondary N) is 2. The predicted octanol–water partition coefficient (Wildman–Crippen LogP) is 1.31. The molecule has 2 heterocycles. The van der Waals surface area contributed by atoms with E-state index in [1.165, 1.54) is 23.5 Å². The molecular formula is C22H28N4O5S. The van der Waals surface area contributed by atoms with Crippen LogP contribution in [0.25, 0.3) is 0 Å². The molecule has 3 rings (SSSR count). The number of ether oxygens (including phenoxy) is 1. The fraction of sp³-hybridized carbons (Fsp3) is 0.409. The van der Waals surface area contributed by atoms with Crippen molar-refractivity contribution in [2.45, 2.75) is 30.7 Å². The van der Waals surface area contributed by atoms with E-state index in [1.54, 1.807) is 24.4 Å². The largest absolute Gasteiger partial charge is 0.497 e. The Bertz CT molecular complexity index is 1010. The highest BCUT2D eigenvalue weighted by atomic mass is 32.2. The molecule has 0 saturated carbocycles. The second kappa shape index (κ2) is 11.1. The summed E-state index contributed by atoms with van der Waals surface area (Å²) in [5.41, 5.74) is 0.755. The Morgan fingerprint density at radius 2 is 1.94 bits per heavy atom. The third-order valence-electron chi connectivity index (χ3n) is 5.30. The molecule has 0 bridgehead atoms. The lowest BCUT2D eigenvalue weighted by molar-refractivity contribution is -0.126. The summed E-state index contributed by atoms with van der Waals surface area (Å²) in [6, 6.07) is 11.7. The van der Waals surface area contributed by atoms with Gasteiger partial charge < -0.3 is 15.4 Å². The molecule has 172 valence electrons. The van der Waals surface area contributed by atoms with Crippen molar-refractivity contribution < 1.29 is 22.7 Å². The Hall–Kier alpha value is -2.98. The fourth-order valence-corrected chi connectivity index (χ4v) is 5.02. The smallest absolute Gasteiger partial charge is 0.243 e. The number of rotatable bonds is 9. The molecule has 9 nitrogen and oxygen atoms in total. The highest BCUT2D eigenvalue weighted by Gasteiger charge is 2.33. The molecular weight excluding hydrogens is 432 g/mol. The predicted molar refractivity (Wildman–Crippen MR) is 118 cm³/mol. The molecule has 1 saturated heterocycles. The van der Waals surface area contributed by atoms with Crippen LogP contribution in [0.15, 0.2) is 53.6 Å². The number of carbonyl (C=O) groups is 2. The molecule has 10 heteroatoms. The number of amides is 2. The van der Waals surface area contributed by atoms with E-state index >= 15 is 0 Å². The first-order chi connectivity index (χ1) is 15.4. The van der Waals surface area contributed by atoms with Gasteiger partial charge in [0.05, 0.1) is 30.2 Å². The molecule has 2 aromatic rings. The molecule has 0 aliphatic carbocycles.